The molecule has 164 valence electrons. The van der Waals surface area contributed by atoms with E-state index in [4.69, 9.17) is 9.47 Å². The lowest BCUT2D eigenvalue weighted by atomic mass is 10.1. The van der Waals surface area contributed by atoms with Crippen molar-refractivity contribution < 1.29 is 14.3 Å². The number of rotatable bonds is 13. The molecular formula is C24H40N2O3. The van der Waals surface area contributed by atoms with Crippen LogP contribution in [0.25, 0.3) is 0 Å². The summed E-state index contributed by atoms with van der Waals surface area (Å²) in [5.74, 6) is 0.711. The van der Waals surface area contributed by atoms with Crippen LogP contribution in [0.4, 0.5) is 10.5 Å². The minimum Gasteiger partial charge on any atom is -0.491 e. The average molecular weight is 405 g/mol. The normalized spacial score (nSPS) is 14.9. The van der Waals surface area contributed by atoms with Gasteiger partial charge in [0.2, 0.25) is 0 Å². The summed E-state index contributed by atoms with van der Waals surface area (Å²) in [6.45, 7) is 6.71. The minimum absolute atomic E-state index is 0.406. The third kappa shape index (κ3) is 10.6. The molecule has 0 spiro atoms. The number of ether oxygens (including phenoxy) is 2. The van der Waals surface area contributed by atoms with Crippen LogP contribution in [-0.4, -0.2) is 43.8 Å². The van der Waals surface area contributed by atoms with Gasteiger partial charge in [0.1, 0.15) is 5.75 Å². The summed E-state index contributed by atoms with van der Waals surface area (Å²) in [6, 6.07) is 7.57. The summed E-state index contributed by atoms with van der Waals surface area (Å²) in [5.41, 5.74) is 0.677. The van der Waals surface area contributed by atoms with Crippen LogP contribution >= 0.6 is 0 Å². The number of carbonyl (C=O) groups excluding carboxylic acids is 1. The topological polar surface area (TPSA) is 50.8 Å². The van der Waals surface area contributed by atoms with Crippen LogP contribution in [0.15, 0.2) is 24.3 Å². The third-order valence-electron chi connectivity index (χ3n) is 5.43. The Kier molecular flexibility index (Phi) is 12.3. The Bertz CT molecular complexity index is 557. The molecule has 0 radical (unpaired) electrons. The van der Waals surface area contributed by atoms with Crippen molar-refractivity contribution in [1.82, 2.24) is 4.90 Å². The van der Waals surface area contributed by atoms with Gasteiger partial charge in [-0.05, 0) is 50.9 Å². The zero-order chi connectivity index (χ0) is 20.6. The van der Waals surface area contributed by atoms with E-state index >= 15 is 0 Å². The highest BCUT2D eigenvalue weighted by Gasteiger charge is 2.10. The second kappa shape index (κ2) is 15.1. The first kappa shape index (κ1) is 23.5. The number of carbonyl (C=O) groups is 1. The van der Waals surface area contributed by atoms with Crippen molar-refractivity contribution >= 4 is 11.8 Å². The lowest BCUT2D eigenvalue weighted by Gasteiger charge is -2.19. The van der Waals surface area contributed by atoms with Gasteiger partial charge in [-0.1, -0.05) is 64.0 Å². The van der Waals surface area contributed by atoms with E-state index in [2.05, 4.69) is 17.1 Å². The summed E-state index contributed by atoms with van der Waals surface area (Å²) >= 11 is 0. The van der Waals surface area contributed by atoms with Crippen molar-refractivity contribution in [2.45, 2.75) is 77.6 Å². The van der Waals surface area contributed by atoms with Crippen LogP contribution in [0.1, 0.15) is 77.6 Å². The Balaban J connectivity index is 1.62. The first-order valence-electron chi connectivity index (χ1n) is 11.7. The van der Waals surface area contributed by atoms with Crippen LogP contribution < -0.4 is 10.1 Å². The number of likely N-dealkylation sites (tertiary alicyclic amines) is 1. The third-order valence-corrected chi connectivity index (χ3v) is 5.43. The summed E-state index contributed by atoms with van der Waals surface area (Å²) in [4.78, 5) is 14.6. The van der Waals surface area contributed by atoms with E-state index in [1.165, 1.54) is 70.9 Å². The van der Waals surface area contributed by atoms with E-state index in [0.717, 1.165) is 19.4 Å². The largest absolute Gasteiger partial charge is 0.491 e. The highest BCUT2D eigenvalue weighted by Crippen LogP contribution is 2.24. The molecule has 1 heterocycles. The van der Waals surface area contributed by atoms with E-state index in [-0.39, 0.29) is 0 Å². The quantitative estimate of drug-likeness (QED) is 0.395. The second-order valence-electron chi connectivity index (χ2n) is 7.98. The average Bonchev–Trinajstić information content (AvgIpc) is 3.00. The number of benzene rings is 1. The lowest BCUT2D eigenvalue weighted by molar-refractivity contribution is 0.152. The van der Waals surface area contributed by atoms with Crippen LogP contribution in [0.2, 0.25) is 0 Å². The molecule has 29 heavy (non-hydrogen) atoms. The Morgan fingerprint density at radius 1 is 0.931 bits per heavy atom. The van der Waals surface area contributed by atoms with Crippen molar-refractivity contribution in [3.8, 4) is 5.75 Å². The van der Waals surface area contributed by atoms with Crippen molar-refractivity contribution in [1.29, 1.82) is 0 Å². The Labute approximate surface area is 177 Å². The van der Waals surface area contributed by atoms with Crippen molar-refractivity contribution in [2.24, 2.45) is 0 Å². The number of hydrogen-bond acceptors (Lipinski definition) is 4. The van der Waals surface area contributed by atoms with E-state index in [1.54, 1.807) is 0 Å². The number of hydrogen-bond donors (Lipinski definition) is 1. The predicted octanol–water partition coefficient (Wildman–Crippen LogP) is 6.24. The molecule has 0 atom stereocenters. The van der Waals surface area contributed by atoms with Gasteiger partial charge in [-0.15, -0.1) is 0 Å². The number of unbranched alkanes of at least 4 members (excludes halogenated alkanes) is 5. The maximum Gasteiger partial charge on any atom is 0.411 e. The molecule has 1 aromatic rings. The summed E-state index contributed by atoms with van der Waals surface area (Å²) in [7, 11) is 0. The van der Waals surface area contributed by atoms with Crippen LogP contribution in [0.5, 0.6) is 5.75 Å². The molecule has 5 nitrogen and oxygen atoms in total. The summed E-state index contributed by atoms with van der Waals surface area (Å²) in [6.07, 6.45) is 13.1. The van der Waals surface area contributed by atoms with Gasteiger partial charge in [-0.25, -0.2) is 4.79 Å². The highest BCUT2D eigenvalue weighted by molar-refractivity contribution is 5.86. The first-order chi connectivity index (χ1) is 14.3. The van der Waals surface area contributed by atoms with Gasteiger partial charge in [-0.2, -0.15) is 0 Å². The molecule has 1 aromatic carbocycles. The number of nitrogens with one attached hydrogen (secondary N) is 1. The predicted molar refractivity (Wildman–Crippen MR) is 120 cm³/mol. The molecule has 0 aromatic heterocycles. The molecule has 1 aliphatic rings. The maximum absolute atomic E-state index is 12.1. The number of nitrogens with zero attached hydrogens (tertiary/aromatic N) is 1. The molecule has 1 saturated heterocycles. The molecule has 1 N–H and O–H groups in total. The second-order valence-corrected chi connectivity index (χ2v) is 7.98. The van der Waals surface area contributed by atoms with Crippen molar-refractivity contribution in [2.75, 3.05) is 38.2 Å². The number of para-hydroxylation sites is 2. The van der Waals surface area contributed by atoms with Crippen LogP contribution in [0.3, 0.4) is 0 Å². The molecule has 2 rings (SSSR count). The fourth-order valence-corrected chi connectivity index (χ4v) is 3.72. The number of amides is 1. The zero-order valence-electron chi connectivity index (χ0n) is 18.3. The molecular weight excluding hydrogens is 364 g/mol. The van der Waals surface area contributed by atoms with E-state index < -0.39 is 6.09 Å². The molecule has 5 heteroatoms. The Morgan fingerprint density at radius 3 is 2.45 bits per heavy atom. The molecule has 1 fully saturated rings. The molecule has 0 bridgehead atoms. The first-order valence-corrected chi connectivity index (χ1v) is 11.7. The van der Waals surface area contributed by atoms with Crippen LogP contribution in [-0.2, 0) is 4.74 Å². The molecule has 1 aliphatic heterocycles. The summed E-state index contributed by atoms with van der Waals surface area (Å²) < 4.78 is 11.3. The van der Waals surface area contributed by atoms with Crippen LogP contribution in [0, 0.1) is 0 Å². The van der Waals surface area contributed by atoms with E-state index in [0.29, 0.717) is 24.7 Å². The standard InChI is InChI=1S/C24H40N2O3/c1-2-3-4-5-8-13-20-28-23-16-10-9-15-22(23)25-24(27)29-21-14-19-26-17-11-6-7-12-18-26/h9-10,15-16H,2-8,11-14,17-21H2,1H3,(H,25,27). The van der Waals surface area contributed by atoms with E-state index in [1.807, 2.05) is 24.3 Å². The Hall–Kier alpha value is -1.75. The lowest BCUT2D eigenvalue weighted by Crippen LogP contribution is -2.27. The molecule has 0 aliphatic carbocycles. The maximum atomic E-state index is 12.1. The minimum atomic E-state index is -0.406. The number of anilines is 1. The van der Waals surface area contributed by atoms with Gasteiger partial charge in [-0.3, -0.25) is 5.32 Å². The fraction of sp³-hybridized carbons (Fsp3) is 0.708. The zero-order valence-corrected chi connectivity index (χ0v) is 18.3. The van der Waals surface area contributed by atoms with Crippen molar-refractivity contribution in [3.05, 3.63) is 24.3 Å². The van der Waals surface area contributed by atoms with Gasteiger partial charge in [0.15, 0.2) is 0 Å². The van der Waals surface area contributed by atoms with Gasteiger partial charge < -0.3 is 14.4 Å². The fourth-order valence-electron chi connectivity index (χ4n) is 3.72. The van der Waals surface area contributed by atoms with Gasteiger partial charge in [0, 0.05) is 6.54 Å². The highest BCUT2D eigenvalue weighted by atomic mass is 16.5. The van der Waals surface area contributed by atoms with E-state index in [9.17, 15) is 4.79 Å². The smallest absolute Gasteiger partial charge is 0.411 e. The Morgan fingerprint density at radius 2 is 1.66 bits per heavy atom. The summed E-state index contributed by atoms with van der Waals surface area (Å²) in [5, 5.41) is 2.83. The van der Waals surface area contributed by atoms with Gasteiger partial charge in [0.05, 0.1) is 18.9 Å². The molecule has 0 unspecified atom stereocenters. The monoisotopic (exact) mass is 404 g/mol. The SMILES string of the molecule is CCCCCCCCOc1ccccc1NC(=O)OCCCN1CCCCCC1. The molecule has 0 saturated carbocycles. The molecule has 1 amide bonds. The van der Waals surface area contributed by atoms with Gasteiger partial charge in [0.25, 0.3) is 0 Å². The van der Waals surface area contributed by atoms with Crippen molar-refractivity contribution in [3.63, 3.8) is 0 Å². The van der Waals surface area contributed by atoms with Gasteiger partial charge >= 0.3 is 6.09 Å².